The molecule has 0 spiro atoms. The zero-order chi connectivity index (χ0) is 24.2. The number of carbonyl (C=O) groups excluding carboxylic acids is 1. The summed E-state index contributed by atoms with van der Waals surface area (Å²) in [5, 5.41) is 14.0. The fourth-order valence-electron chi connectivity index (χ4n) is 4.09. The molecule has 1 aromatic heterocycles. The predicted octanol–water partition coefficient (Wildman–Crippen LogP) is 5.21. The summed E-state index contributed by atoms with van der Waals surface area (Å²) in [6.45, 7) is 2.53. The van der Waals surface area contributed by atoms with E-state index in [4.69, 9.17) is 11.6 Å². The van der Waals surface area contributed by atoms with Gasteiger partial charge in [-0.05, 0) is 54.6 Å². The number of aromatic hydroxyl groups is 1. The molecule has 1 saturated heterocycles. The Morgan fingerprint density at radius 3 is 2.31 bits per heavy atom. The largest absolute Gasteiger partial charge is 0.506 e. The number of hydrogen-bond donors (Lipinski definition) is 2. The number of halogens is 1. The molecule has 2 heterocycles. The Hall–Kier alpha value is -4.10. The van der Waals surface area contributed by atoms with E-state index in [9.17, 15) is 9.90 Å². The highest BCUT2D eigenvalue weighted by Gasteiger charge is 2.23. The molecule has 1 fully saturated rings. The van der Waals surface area contributed by atoms with E-state index in [1.807, 2.05) is 71.6 Å². The molecule has 1 aliphatic rings. The van der Waals surface area contributed by atoms with E-state index in [0.29, 0.717) is 42.7 Å². The van der Waals surface area contributed by atoms with Crippen LogP contribution in [0.5, 0.6) is 5.75 Å². The molecule has 1 amide bonds. The molecule has 0 saturated carbocycles. The van der Waals surface area contributed by atoms with Gasteiger partial charge in [0.05, 0.1) is 11.4 Å². The Morgan fingerprint density at radius 2 is 1.60 bits per heavy atom. The predicted molar refractivity (Wildman–Crippen MR) is 138 cm³/mol. The molecule has 0 bridgehead atoms. The van der Waals surface area contributed by atoms with E-state index in [-0.39, 0.29) is 11.7 Å². The molecule has 176 valence electrons. The summed E-state index contributed by atoms with van der Waals surface area (Å²) in [5.41, 5.74) is 3.95. The van der Waals surface area contributed by atoms with E-state index in [1.54, 1.807) is 18.3 Å². The Morgan fingerprint density at radius 1 is 0.886 bits per heavy atom. The molecule has 4 aromatic rings. The van der Waals surface area contributed by atoms with Crippen molar-refractivity contribution in [3.8, 4) is 17.0 Å². The summed E-state index contributed by atoms with van der Waals surface area (Å²) in [5.74, 6) is 0.726. The van der Waals surface area contributed by atoms with Crippen molar-refractivity contribution in [1.82, 2.24) is 14.9 Å². The molecule has 8 heteroatoms. The molecular weight excluding hydrogens is 462 g/mol. The fraction of sp³-hybridized carbons (Fsp3) is 0.148. The standard InChI is InChI=1S/C27H24ClN5O2/c28-21-9-5-19(6-10-21)23-13-14-29-27(31-23)30-22-11-7-20(8-12-22)26(35)33-17-15-32(16-18-33)24-3-1-2-4-25(24)34/h1-14,34H,15-18H2,(H,29,30,31). The van der Waals surface area contributed by atoms with Gasteiger partial charge >= 0.3 is 0 Å². The van der Waals surface area contributed by atoms with Crippen molar-refractivity contribution in [2.24, 2.45) is 0 Å². The van der Waals surface area contributed by atoms with Crippen molar-refractivity contribution in [2.45, 2.75) is 0 Å². The number of para-hydroxylation sites is 2. The molecule has 1 aliphatic heterocycles. The average Bonchev–Trinajstić information content (AvgIpc) is 2.90. The number of amides is 1. The summed E-state index contributed by atoms with van der Waals surface area (Å²) >= 11 is 5.98. The highest BCUT2D eigenvalue weighted by atomic mass is 35.5. The van der Waals surface area contributed by atoms with Gasteiger partial charge < -0.3 is 20.2 Å². The van der Waals surface area contributed by atoms with Gasteiger partial charge in [0.25, 0.3) is 5.91 Å². The van der Waals surface area contributed by atoms with Crippen molar-refractivity contribution in [2.75, 3.05) is 36.4 Å². The lowest BCUT2D eigenvalue weighted by Gasteiger charge is -2.36. The Kier molecular flexibility index (Phi) is 6.50. The second kappa shape index (κ2) is 10.0. The van der Waals surface area contributed by atoms with Crippen molar-refractivity contribution < 1.29 is 9.90 Å². The number of benzene rings is 3. The molecule has 7 nitrogen and oxygen atoms in total. The molecular formula is C27H24ClN5O2. The van der Waals surface area contributed by atoms with Crippen molar-refractivity contribution in [3.05, 3.63) is 95.6 Å². The number of phenolic OH excluding ortho intramolecular Hbond substituents is 1. The maximum atomic E-state index is 13.0. The minimum Gasteiger partial charge on any atom is -0.506 e. The van der Waals surface area contributed by atoms with Crippen molar-refractivity contribution >= 4 is 34.8 Å². The third kappa shape index (κ3) is 5.20. The van der Waals surface area contributed by atoms with E-state index in [2.05, 4.69) is 20.2 Å². The van der Waals surface area contributed by atoms with Crippen LogP contribution in [-0.2, 0) is 0 Å². The van der Waals surface area contributed by atoms with Crippen LogP contribution in [0.2, 0.25) is 5.02 Å². The van der Waals surface area contributed by atoms with Crippen LogP contribution in [-0.4, -0.2) is 52.1 Å². The minimum atomic E-state index is -0.00512. The second-order valence-electron chi connectivity index (χ2n) is 8.24. The molecule has 0 radical (unpaired) electrons. The quantitative estimate of drug-likeness (QED) is 0.404. The van der Waals surface area contributed by atoms with Gasteiger partial charge in [0.15, 0.2) is 0 Å². The van der Waals surface area contributed by atoms with Crippen LogP contribution in [0.15, 0.2) is 85.1 Å². The second-order valence-corrected chi connectivity index (χ2v) is 8.68. The van der Waals surface area contributed by atoms with Gasteiger partial charge in [-0.15, -0.1) is 0 Å². The van der Waals surface area contributed by atoms with Crippen LogP contribution in [0.1, 0.15) is 10.4 Å². The van der Waals surface area contributed by atoms with Crippen LogP contribution in [0.3, 0.4) is 0 Å². The van der Waals surface area contributed by atoms with Crippen LogP contribution in [0.4, 0.5) is 17.3 Å². The number of nitrogens with one attached hydrogen (secondary N) is 1. The smallest absolute Gasteiger partial charge is 0.253 e. The number of carbonyl (C=O) groups is 1. The number of nitrogens with zero attached hydrogens (tertiary/aromatic N) is 4. The monoisotopic (exact) mass is 485 g/mol. The molecule has 0 unspecified atom stereocenters. The lowest BCUT2D eigenvalue weighted by molar-refractivity contribution is 0.0747. The van der Waals surface area contributed by atoms with Gasteiger partial charge in [0.2, 0.25) is 5.95 Å². The first kappa shape index (κ1) is 22.7. The van der Waals surface area contributed by atoms with Gasteiger partial charge in [0.1, 0.15) is 5.75 Å². The van der Waals surface area contributed by atoms with Gasteiger partial charge in [0, 0.05) is 54.2 Å². The number of piperazine rings is 1. The van der Waals surface area contributed by atoms with Crippen LogP contribution < -0.4 is 10.2 Å². The first-order valence-corrected chi connectivity index (χ1v) is 11.7. The summed E-state index contributed by atoms with van der Waals surface area (Å²) in [6.07, 6.45) is 1.70. The van der Waals surface area contributed by atoms with Gasteiger partial charge in [-0.25, -0.2) is 9.97 Å². The highest BCUT2D eigenvalue weighted by molar-refractivity contribution is 6.30. The van der Waals surface area contributed by atoms with E-state index in [1.165, 1.54) is 0 Å². The molecule has 3 aromatic carbocycles. The number of phenols is 1. The Balaban J connectivity index is 1.21. The van der Waals surface area contributed by atoms with E-state index >= 15 is 0 Å². The van der Waals surface area contributed by atoms with Crippen molar-refractivity contribution in [3.63, 3.8) is 0 Å². The minimum absolute atomic E-state index is 0.00512. The molecule has 5 rings (SSSR count). The highest BCUT2D eigenvalue weighted by Crippen LogP contribution is 2.27. The number of anilines is 3. The van der Waals surface area contributed by atoms with Crippen LogP contribution in [0, 0.1) is 0 Å². The van der Waals surface area contributed by atoms with Crippen LogP contribution >= 0.6 is 11.6 Å². The third-order valence-electron chi connectivity index (χ3n) is 5.97. The van der Waals surface area contributed by atoms with E-state index < -0.39 is 0 Å². The third-order valence-corrected chi connectivity index (χ3v) is 6.22. The first-order chi connectivity index (χ1) is 17.1. The van der Waals surface area contributed by atoms with Gasteiger partial charge in [-0.2, -0.15) is 0 Å². The Bertz CT molecular complexity index is 1320. The van der Waals surface area contributed by atoms with Gasteiger partial charge in [-0.1, -0.05) is 35.9 Å². The summed E-state index contributed by atoms with van der Waals surface area (Å²) in [7, 11) is 0. The van der Waals surface area contributed by atoms with E-state index in [0.717, 1.165) is 22.6 Å². The number of rotatable bonds is 5. The maximum Gasteiger partial charge on any atom is 0.253 e. The lowest BCUT2D eigenvalue weighted by Crippen LogP contribution is -2.48. The van der Waals surface area contributed by atoms with Crippen LogP contribution in [0.25, 0.3) is 11.3 Å². The first-order valence-electron chi connectivity index (χ1n) is 11.3. The molecule has 2 N–H and O–H groups in total. The summed E-state index contributed by atoms with van der Waals surface area (Å²) < 4.78 is 0. The summed E-state index contributed by atoms with van der Waals surface area (Å²) in [6, 6.07) is 23.9. The topological polar surface area (TPSA) is 81.6 Å². The van der Waals surface area contributed by atoms with Crippen molar-refractivity contribution in [1.29, 1.82) is 0 Å². The molecule has 0 aliphatic carbocycles. The molecule has 35 heavy (non-hydrogen) atoms. The molecule has 0 atom stereocenters. The maximum absolute atomic E-state index is 13.0. The number of hydrogen-bond acceptors (Lipinski definition) is 6. The summed E-state index contributed by atoms with van der Waals surface area (Å²) in [4.78, 5) is 25.8. The SMILES string of the molecule is O=C(c1ccc(Nc2nccc(-c3ccc(Cl)cc3)n2)cc1)N1CCN(c2ccccc2O)CC1. The van der Waals surface area contributed by atoms with Gasteiger partial charge in [-0.3, -0.25) is 4.79 Å². The number of aromatic nitrogens is 2. The zero-order valence-electron chi connectivity index (χ0n) is 18.9. The Labute approximate surface area is 208 Å². The normalized spacial score (nSPS) is 13.5. The zero-order valence-corrected chi connectivity index (χ0v) is 19.7. The lowest BCUT2D eigenvalue weighted by atomic mass is 10.1. The fourth-order valence-corrected chi connectivity index (χ4v) is 4.22. The average molecular weight is 486 g/mol.